The van der Waals surface area contributed by atoms with E-state index in [0.29, 0.717) is 25.4 Å². The van der Waals surface area contributed by atoms with E-state index in [9.17, 15) is 4.79 Å². The van der Waals surface area contributed by atoms with Crippen molar-refractivity contribution >= 4 is 16.8 Å². The summed E-state index contributed by atoms with van der Waals surface area (Å²) in [7, 11) is 0. The number of para-hydroxylation sites is 1. The van der Waals surface area contributed by atoms with Gasteiger partial charge in [-0.05, 0) is 25.3 Å². The minimum Gasteiger partial charge on any atom is -0.379 e. The van der Waals surface area contributed by atoms with Crippen LogP contribution in [0.1, 0.15) is 37.5 Å². The number of nitrogens with zero attached hydrogens (tertiary/aromatic N) is 4. The third kappa shape index (κ3) is 3.02. The Hall–Kier alpha value is -2.67. The van der Waals surface area contributed by atoms with Gasteiger partial charge in [-0.2, -0.15) is 5.10 Å². The Morgan fingerprint density at radius 3 is 3.04 bits per heavy atom. The van der Waals surface area contributed by atoms with Crippen LogP contribution in [0.25, 0.3) is 22.3 Å². The molecular formula is C20H23N5O2. The van der Waals surface area contributed by atoms with E-state index in [2.05, 4.69) is 11.1 Å². The van der Waals surface area contributed by atoms with E-state index in [1.807, 2.05) is 34.0 Å². The fourth-order valence-electron chi connectivity index (χ4n) is 4.04. The number of fused-ring (bicyclic) bond motifs is 1. The van der Waals surface area contributed by atoms with Crippen LogP contribution in [0.15, 0.2) is 30.5 Å². The average molecular weight is 365 g/mol. The van der Waals surface area contributed by atoms with E-state index in [4.69, 9.17) is 14.8 Å². The first-order valence-electron chi connectivity index (χ1n) is 9.67. The first kappa shape index (κ1) is 16.5. The third-order valence-electron chi connectivity index (χ3n) is 5.54. The molecule has 2 fully saturated rings. The van der Waals surface area contributed by atoms with Crippen molar-refractivity contribution in [2.75, 3.05) is 19.8 Å². The van der Waals surface area contributed by atoms with Gasteiger partial charge in [0.05, 0.1) is 19.2 Å². The molecule has 140 valence electrons. The Morgan fingerprint density at radius 2 is 2.19 bits per heavy atom. The molecule has 0 spiro atoms. The number of amides is 1. The van der Waals surface area contributed by atoms with Crippen molar-refractivity contribution in [2.45, 2.75) is 38.3 Å². The topological polar surface area (TPSA) is 76.0 Å². The molecule has 3 aromatic rings. The van der Waals surface area contributed by atoms with Crippen molar-refractivity contribution in [3.8, 4) is 11.4 Å². The van der Waals surface area contributed by atoms with Crippen LogP contribution in [-0.2, 0) is 16.1 Å². The van der Waals surface area contributed by atoms with Crippen LogP contribution >= 0.6 is 0 Å². The molecule has 2 aliphatic heterocycles. The molecule has 2 aromatic heterocycles. The minimum atomic E-state index is 0.186. The number of rotatable bonds is 4. The second-order valence-electron chi connectivity index (χ2n) is 7.33. The molecule has 1 atom stereocenters. The molecule has 1 unspecified atom stereocenters. The second kappa shape index (κ2) is 6.81. The highest BCUT2D eigenvalue weighted by Crippen LogP contribution is 2.29. The molecule has 0 bridgehead atoms. The number of carbonyl (C=O) groups is 1. The molecule has 0 saturated carbocycles. The number of H-pyrrole nitrogens is 1. The van der Waals surface area contributed by atoms with Gasteiger partial charge in [0.15, 0.2) is 5.82 Å². The summed E-state index contributed by atoms with van der Waals surface area (Å²) in [6.07, 6.45) is 5.57. The summed E-state index contributed by atoms with van der Waals surface area (Å²) in [6, 6.07) is 8.35. The van der Waals surface area contributed by atoms with Gasteiger partial charge >= 0.3 is 0 Å². The number of aromatic amines is 1. The smallest absolute Gasteiger partial charge is 0.222 e. The Kier molecular flexibility index (Phi) is 4.16. The van der Waals surface area contributed by atoms with E-state index >= 15 is 0 Å². The SMILES string of the molecule is O=C1CCCCN1Cc1nc(-c2c[nH]c3ccccc23)nn1C1CCOC1. The quantitative estimate of drug-likeness (QED) is 0.771. The van der Waals surface area contributed by atoms with Crippen molar-refractivity contribution in [3.05, 3.63) is 36.3 Å². The predicted molar refractivity (Wildman–Crippen MR) is 101 cm³/mol. The molecule has 4 heterocycles. The van der Waals surface area contributed by atoms with Gasteiger partial charge in [0, 0.05) is 42.2 Å². The summed E-state index contributed by atoms with van der Waals surface area (Å²) in [5, 5.41) is 5.95. The van der Waals surface area contributed by atoms with E-state index in [1.54, 1.807) is 0 Å². The highest BCUT2D eigenvalue weighted by molar-refractivity contribution is 5.93. The van der Waals surface area contributed by atoms with E-state index in [-0.39, 0.29) is 11.9 Å². The van der Waals surface area contributed by atoms with Gasteiger partial charge < -0.3 is 14.6 Å². The number of carbonyl (C=O) groups excluding carboxylic acids is 1. The summed E-state index contributed by atoms with van der Waals surface area (Å²) >= 11 is 0. The van der Waals surface area contributed by atoms with Crippen LogP contribution in [0.3, 0.4) is 0 Å². The number of likely N-dealkylation sites (tertiary alicyclic amines) is 1. The molecule has 0 aliphatic carbocycles. The fourth-order valence-corrected chi connectivity index (χ4v) is 4.04. The number of hydrogen-bond acceptors (Lipinski definition) is 4. The van der Waals surface area contributed by atoms with Crippen LogP contribution in [0.2, 0.25) is 0 Å². The molecule has 2 saturated heterocycles. The van der Waals surface area contributed by atoms with Gasteiger partial charge in [-0.25, -0.2) is 9.67 Å². The van der Waals surface area contributed by atoms with Crippen LogP contribution in [0, 0.1) is 0 Å². The van der Waals surface area contributed by atoms with Crippen LogP contribution < -0.4 is 0 Å². The molecule has 2 aliphatic rings. The lowest BCUT2D eigenvalue weighted by Crippen LogP contribution is -2.36. The number of aromatic nitrogens is 4. The van der Waals surface area contributed by atoms with Crippen molar-refractivity contribution in [2.24, 2.45) is 0 Å². The Labute approximate surface area is 157 Å². The fraction of sp³-hybridized carbons (Fsp3) is 0.450. The zero-order valence-electron chi connectivity index (χ0n) is 15.2. The number of benzene rings is 1. The molecule has 1 amide bonds. The molecule has 27 heavy (non-hydrogen) atoms. The van der Waals surface area contributed by atoms with Gasteiger partial charge in [-0.1, -0.05) is 18.2 Å². The molecule has 7 heteroatoms. The first-order valence-corrected chi connectivity index (χ1v) is 9.67. The predicted octanol–water partition coefficient (Wildman–Crippen LogP) is 2.90. The van der Waals surface area contributed by atoms with Crippen LogP contribution in [0.5, 0.6) is 0 Å². The van der Waals surface area contributed by atoms with Crippen molar-refractivity contribution < 1.29 is 9.53 Å². The van der Waals surface area contributed by atoms with Gasteiger partial charge in [0.1, 0.15) is 5.82 Å². The third-order valence-corrected chi connectivity index (χ3v) is 5.54. The molecule has 5 rings (SSSR count). The maximum atomic E-state index is 12.3. The van der Waals surface area contributed by atoms with Gasteiger partial charge in [-0.3, -0.25) is 4.79 Å². The van der Waals surface area contributed by atoms with Crippen LogP contribution in [-0.4, -0.2) is 50.3 Å². The largest absolute Gasteiger partial charge is 0.379 e. The highest BCUT2D eigenvalue weighted by atomic mass is 16.5. The summed E-state index contributed by atoms with van der Waals surface area (Å²) in [5.41, 5.74) is 2.07. The number of hydrogen-bond donors (Lipinski definition) is 1. The Morgan fingerprint density at radius 1 is 1.26 bits per heavy atom. The van der Waals surface area contributed by atoms with E-state index in [0.717, 1.165) is 54.7 Å². The monoisotopic (exact) mass is 365 g/mol. The van der Waals surface area contributed by atoms with E-state index in [1.165, 1.54) is 0 Å². The lowest BCUT2D eigenvalue weighted by molar-refractivity contribution is -0.134. The molecule has 1 aromatic carbocycles. The Bertz CT molecular complexity index is 970. The summed E-state index contributed by atoms with van der Waals surface area (Å²) in [4.78, 5) is 22.3. The van der Waals surface area contributed by atoms with Gasteiger partial charge in [-0.15, -0.1) is 0 Å². The second-order valence-corrected chi connectivity index (χ2v) is 7.33. The maximum absolute atomic E-state index is 12.3. The van der Waals surface area contributed by atoms with Gasteiger partial charge in [0.2, 0.25) is 5.91 Å². The van der Waals surface area contributed by atoms with Crippen molar-refractivity contribution in [1.82, 2.24) is 24.6 Å². The average Bonchev–Trinajstić information content (AvgIpc) is 3.42. The maximum Gasteiger partial charge on any atom is 0.222 e. The Balaban J connectivity index is 1.54. The van der Waals surface area contributed by atoms with Gasteiger partial charge in [0.25, 0.3) is 0 Å². The highest BCUT2D eigenvalue weighted by Gasteiger charge is 2.27. The summed E-state index contributed by atoms with van der Waals surface area (Å²) in [5.74, 6) is 1.77. The number of nitrogens with one attached hydrogen (secondary N) is 1. The van der Waals surface area contributed by atoms with Crippen molar-refractivity contribution in [1.29, 1.82) is 0 Å². The summed E-state index contributed by atoms with van der Waals surface area (Å²) < 4.78 is 7.56. The standard InChI is InChI=1S/C20H23N5O2/c26-19-7-3-4-9-24(19)12-18-22-20(23-25(18)14-8-10-27-13-14)16-11-21-17-6-2-1-5-15(16)17/h1-2,5-6,11,14,21H,3-4,7-10,12-13H2. The minimum absolute atomic E-state index is 0.186. The molecule has 7 nitrogen and oxygen atoms in total. The summed E-state index contributed by atoms with van der Waals surface area (Å²) in [6.45, 7) is 2.71. The molecule has 1 N–H and O–H groups in total. The van der Waals surface area contributed by atoms with E-state index < -0.39 is 0 Å². The number of piperidine rings is 1. The van der Waals surface area contributed by atoms with Crippen LogP contribution in [0.4, 0.5) is 0 Å². The number of ether oxygens (including phenoxy) is 1. The molecular weight excluding hydrogens is 342 g/mol. The molecule has 0 radical (unpaired) electrons. The van der Waals surface area contributed by atoms with Crippen molar-refractivity contribution in [3.63, 3.8) is 0 Å². The normalized spacial score (nSPS) is 20.7. The zero-order valence-corrected chi connectivity index (χ0v) is 15.2. The zero-order chi connectivity index (χ0) is 18.2. The lowest BCUT2D eigenvalue weighted by Gasteiger charge is -2.26. The first-order chi connectivity index (χ1) is 13.3. The lowest BCUT2D eigenvalue weighted by atomic mass is 10.1.